The molecule has 88 valence electrons. The van der Waals surface area contributed by atoms with Gasteiger partial charge in [0.25, 0.3) is 0 Å². The van der Waals surface area contributed by atoms with Crippen LogP contribution >= 0.6 is 0 Å². The molecule has 0 aromatic heterocycles. The topological polar surface area (TPSA) is 35.1 Å². The molecule has 1 saturated heterocycles. The summed E-state index contributed by atoms with van der Waals surface area (Å²) in [6, 6.07) is 7.83. The molecule has 0 saturated carbocycles. The number of rotatable bonds is 4. The quantitative estimate of drug-likeness (QED) is 0.826. The molecule has 0 spiro atoms. The zero-order valence-corrected chi connectivity index (χ0v) is 9.82. The molecule has 0 unspecified atom stereocenters. The fourth-order valence-electron chi connectivity index (χ4n) is 2.12. The number of nitrogens with two attached hydrogens (primary N) is 1. The van der Waals surface area contributed by atoms with Crippen molar-refractivity contribution in [2.45, 2.75) is 12.8 Å². The first-order valence-corrected chi connectivity index (χ1v) is 5.97. The SMILES string of the molecule is COc1ccccc1OC[C@@H]1CCC[NH2+]C1. The molecule has 1 fully saturated rings. The number of benzene rings is 1. The maximum Gasteiger partial charge on any atom is 0.161 e. The van der Waals surface area contributed by atoms with Crippen LogP contribution in [-0.2, 0) is 0 Å². The van der Waals surface area contributed by atoms with E-state index in [1.54, 1.807) is 7.11 Å². The maximum absolute atomic E-state index is 5.82. The standard InChI is InChI=1S/C13H19NO2/c1-15-12-6-2-3-7-13(12)16-10-11-5-4-8-14-9-11/h2-3,6-7,11,14H,4-5,8-10H2,1H3/p+1/t11-/m1/s1. The van der Waals surface area contributed by atoms with E-state index in [-0.39, 0.29) is 0 Å². The van der Waals surface area contributed by atoms with Gasteiger partial charge in [-0.15, -0.1) is 0 Å². The van der Waals surface area contributed by atoms with Crippen molar-refractivity contribution < 1.29 is 14.8 Å². The lowest BCUT2D eigenvalue weighted by atomic mass is 10.0. The molecule has 1 heterocycles. The first kappa shape index (κ1) is 11.3. The van der Waals surface area contributed by atoms with Crippen molar-refractivity contribution in [3.05, 3.63) is 24.3 Å². The summed E-state index contributed by atoms with van der Waals surface area (Å²) < 4.78 is 11.1. The predicted molar refractivity (Wildman–Crippen MR) is 62.9 cm³/mol. The minimum Gasteiger partial charge on any atom is -0.493 e. The summed E-state index contributed by atoms with van der Waals surface area (Å²) in [6.45, 7) is 3.26. The van der Waals surface area contributed by atoms with E-state index in [9.17, 15) is 0 Å². The van der Waals surface area contributed by atoms with Crippen LogP contribution in [0.3, 0.4) is 0 Å². The summed E-state index contributed by atoms with van der Waals surface area (Å²) in [5.41, 5.74) is 0. The highest BCUT2D eigenvalue weighted by Gasteiger charge is 2.17. The lowest BCUT2D eigenvalue weighted by Gasteiger charge is -2.20. The van der Waals surface area contributed by atoms with Gasteiger partial charge in [0, 0.05) is 5.92 Å². The second-order valence-corrected chi connectivity index (χ2v) is 4.28. The normalized spacial score (nSPS) is 20.4. The van der Waals surface area contributed by atoms with E-state index < -0.39 is 0 Å². The molecule has 0 amide bonds. The molecule has 1 aliphatic rings. The molecule has 16 heavy (non-hydrogen) atoms. The van der Waals surface area contributed by atoms with Crippen molar-refractivity contribution in [2.75, 3.05) is 26.8 Å². The average Bonchev–Trinajstić information content (AvgIpc) is 2.38. The highest BCUT2D eigenvalue weighted by atomic mass is 16.5. The van der Waals surface area contributed by atoms with Gasteiger partial charge in [-0.05, 0) is 25.0 Å². The van der Waals surface area contributed by atoms with Crippen LogP contribution in [0.2, 0.25) is 0 Å². The van der Waals surface area contributed by atoms with E-state index in [4.69, 9.17) is 9.47 Å². The molecule has 0 aliphatic carbocycles. The third-order valence-corrected chi connectivity index (χ3v) is 3.06. The fourth-order valence-corrected chi connectivity index (χ4v) is 2.12. The molecular formula is C13H20NO2+. The van der Waals surface area contributed by atoms with Crippen LogP contribution in [-0.4, -0.2) is 26.8 Å². The van der Waals surface area contributed by atoms with Crippen LogP contribution < -0.4 is 14.8 Å². The monoisotopic (exact) mass is 222 g/mol. The maximum atomic E-state index is 5.82. The number of ether oxygens (including phenoxy) is 2. The Bertz CT molecular complexity index is 321. The molecule has 1 aromatic carbocycles. The molecule has 1 aromatic rings. The van der Waals surface area contributed by atoms with Gasteiger partial charge in [0.2, 0.25) is 0 Å². The summed E-state index contributed by atoms with van der Waals surface area (Å²) in [5.74, 6) is 2.36. The summed E-state index contributed by atoms with van der Waals surface area (Å²) in [6.07, 6.45) is 2.59. The van der Waals surface area contributed by atoms with E-state index in [1.807, 2.05) is 24.3 Å². The molecule has 1 atom stereocenters. The lowest BCUT2D eigenvalue weighted by molar-refractivity contribution is -0.669. The van der Waals surface area contributed by atoms with Gasteiger partial charge in [-0.25, -0.2) is 0 Å². The van der Waals surface area contributed by atoms with Gasteiger partial charge in [0.05, 0.1) is 26.8 Å². The Morgan fingerprint density at radius 3 is 2.81 bits per heavy atom. The largest absolute Gasteiger partial charge is 0.493 e. The fraction of sp³-hybridized carbons (Fsp3) is 0.538. The lowest BCUT2D eigenvalue weighted by Crippen LogP contribution is -2.87. The third-order valence-electron chi connectivity index (χ3n) is 3.06. The van der Waals surface area contributed by atoms with Gasteiger partial charge in [0.15, 0.2) is 11.5 Å². The zero-order chi connectivity index (χ0) is 11.2. The molecule has 1 aliphatic heterocycles. The number of hydrogen-bond acceptors (Lipinski definition) is 2. The first-order chi connectivity index (χ1) is 7.90. The molecule has 3 heteroatoms. The van der Waals surface area contributed by atoms with Crippen LogP contribution in [0.4, 0.5) is 0 Å². The van der Waals surface area contributed by atoms with Gasteiger partial charge in [0.1, 0.15) is 0 Å². The molecule has 0 bridgehead atoms. The summed E-state index contributed by atoms with van der Waals surface area (Å²) >= 11 is 0. The minimum absolute atomic E-state index is 0.679. The number of hydrogen-bond donors (Lipinski definition) is 1. The van der Waals surface area contributed by atoms with Crippen LogP contribution in [0.5, 0.6) is 11.5 Å². The minimum atomic E-state index is 0.679. The van der Waals surface area contributed by atoms with E-state index >= 15 is 0 Å². The van der Waals surface area contributed by atoms with Gasteiger partial charge < -0.3 is 14.8 Å². The van der Waals surface area contributed by atoms with Crippen LogP contribution in [0, 0.1) is 5.92 Å². The van der Waals surface area contributed by atoms with E-state index in [0.29, 0.717) is 5.92 Å². The van der Waals surface area contributed by atoms with Crippen LogP contribution in [0.25, 0.3) is 0 Å². The Morgan fingerprint density at radius 2 is 2.12 bits per heavy atom. The van der Waals surface area contributed by atoms with Crippen molar-refractivity contribution in [2.24, 2.45) is 5.92 Å². The Hall–Kier alpha value is -1.22. The van der Waals surface area contributed by atoms with Gasteiger partial charge in [-0.2, -0.15) is 0 Å². The van der Waals surface area contributed by atoms with Crippen molar-refractivity contribution in [1.82, 2.24) is 0 Å². The Labute approximate surface area is 96.8 Å². The summed E-state index contributed by atoms with van der Waals surface area (Å²) in [4.78, 5) is 0. The van der Waals surface area contributed by atoms with Crippen molar-refractivity contribution in [1.29, 1.82) is 0 Å². The smallest absolute Gasteiger partial charge is 0.161 e. The highest BCUT2D eigenvalue weighted by Crippen LogP contribution is 2.26. The Kier molecular flexibility index (Phi) is 4.05. The van der Waals surface area contributed by atoms with Crippen LogP contribution in [0.1, 0.15) is 12.8 Å². The number of quaternary nitrogens is 1. The van der Waals surface area contributed by atoms with E-state index in [2.05, 4.69) is 5.32 Å². The molecule has 2 rings (SSSR count). The van der Waals surface area contributed by atoms with Crippen molar-refractivity contribution >= 4 is 0 Å². The second kappa shape index (κ2) is 5.75. The molecule has 3 nitrogen and oxygen atoms in total. The second-order valence-electron chi connectivity index (χ2n) is 4.28. The third kappa shape index (κ3) is 2.89. The Morgan fingerprint density at radius 1 is 1.31 bits per heavy atom. The van der Waals surface area contributed by atoms with Crippen LogP contribution in [0.15, 0.2) is 24.3 Å². The predicted octanol–water partition coefficient (Wildman–Crippen LogP) is 1.05. The number of methoxy groups -OCH3 is 1. The van der Waals surface area contributed by atoms with Gasteiger partial charge >= 0.3 is 0 Å². The number of piperidine rings is 1. The van der Waals surface area contributed by atoms with Crippen molar-refractivity contribution in [3.63, 3.8) is 0 Å². The summed E-state index contributed by atoms with van der Waals surface area (Å²) in [7, 11) is 1.68. The van der Waals surface area contributed by atoms with Gasteiger partial charge in [-0.3, -0.25) is 0 Å². The summed E-state index contributed by atoms with van der Waals surface area (Å²) in [5, 5.41) is 2.37. The van der Waals surface area contributed by atoms with Crippen molar-refractivity contribution in [3.8, 4) is 11.5 Å². The molecular weight excluding hydrogens is 202 g/mol. The zero-order valence-electron chi connectivity index (χ0n) is 9.82. The van der Waals surface area contributed by atoms with E-state index in [0.717, 1.165) is 18.1 Å². The first-order valence-electron chi connectivity index (χ1n) is 5.97. The number of para-hydroxylation sites is 2. The average molecular weight is 222 g/mol. The molecule has 0 radical (unpaired) electrons. The van der Waals surface area contributed by atoms with E-state index in [1.165, 1.54) is 25.9 Å². The molecule has 2 N–H and O–H groups in total. The highest BCUT2D eigenvalue weighted by molar-refractivity contribution is 5.39. The van der Waals surface area contributed by atoms with Gasteiger partial charge in [-0.1, -0.05) is 12.1 Å². The Balaban J connectivity index is 1.88.